The molecule has 8 heteroatoms. The molecule has 5 rings (SSSR count). The van der Waals surface area contributed by atoms with Crippen LogP contribution in [0, 0.1) is 13.8 Å². The average Bonchev–Trinajstić information content (AvgIpc) is 3.41. The summed E-state index contributed by atoms with van der Waals surface area (Å²) in [6, 6.07) is 10.3. The van der Waals surface area contributed by atoms with Gasteiger partial charge in [0.25, 0.3) is 11.7 Å². The van der Waals surface area contributed by atoms with E-state index in [9.17, 15) is 14.7 Å². The van der Waals surface area contributed by atoms with Gasteiger partial charge >= 0.3 is 0 Å². The van der Waals surface area contributed by atoms with E-state index in [4.69, 9.17) is 14.2 Å². The second-order valence-corrected chi connectivity index (χ2v) is 8.88. The smallest absolute Gasteiger partial charge is 0.295 e. The Kier molecular flexibility index (Phi) is 6.02. The maximum Gasteiger partial charge on any atom is 0.295 e. The van der Waals surface area contributed by atoms with Crippen molar-refractivity contribution in [3.8, 4) is 11.5 Å². The molecule has 0 aliphatic carbocycles. The average molecular weight is 465 g/mol. The van der Waals surface area contributed by atoms with Crippen LogP contribution in [0.15, 0.2) is 42.0 Å². The number of hydrogen-bond donors (Lipinski definition) is 1. The third-order valence-electron chi connectivity index (χ3n) is 6.66. The zero-order valence-corrected chi connectivity index (χ0v) is 19.4. The van der Waals surface area contributed by atoms with Crippen LogP contribution < -0.4 is 9.47 Å². The summed E-state index contributed by atoms with van der Waals surface area (Å²) in [7, 11) is 0. The van der Waals surface area contributed by atoms with E-state index in [2.05, 4.69) is 4.90 Å². The lowest BCUT2D eigenvalue weighted by molar-refractivity contribution is -0.140. The van der Waals surface area contributed by atoms with Gasteiger partial charge in [-0.15, -0.1) is 0 Å². The van der Waals surface area contributed by atoms with Crippen molar-refractivity contribution < 1.29 is 28.9 Å². The van der Waals surface area contributed by atoms with Crippen LogP contribution >= 0.6 is 0 Å². The minimum Gasteiger partial charge on any atom is -0.507 e. The van der Waals surface area contributed by atoms with Crippen LogP contribution in [0.4, 0.5) is 0 Å². The Morgan fingerprint density at radius 1 is 1.00 bits per heavy atom. The predicted octanol–water partition coefficient (Wildman–Crippen LogP) is 2.79. The molecule has 0 spiro atoms. The number of ether oxygens (including phenoxy) is 3. The number of carbonyl (C=O) groups is 2. The first kappa shape index (κ1) is 22.4. The molecule has 0 radical (unpaired) electrons. The van der Waals surface area contributed by atoms with Gasteiger partial charge in [-0.2, -0.15) is 0 Å². The summed E-state index contributed by atoms with van der Waals surface area (Å²) in [6.07, 6.45) is 0. The molecule has 3 heterocycles. The van der Waals surface area contributed by atoms with Crippen LogP contribution in [0.2, 0.25) is 0 Å². The summed E-state index contributed by atoms with van der Waals surface area (Å²) in [5.41, 5.74) is 3.12. The molecule has 3 aliphatic heterocycles. The minimum absolute atomic E-state index is 0.0968. The highest BCUT2D eigenvalue weighted by Gasteiger charge is 2.46. The zero-order valence-electron chi connectivity index (χ0n) is 19.4. The van der Waals surface area contributed by atoms with Crippen molar-refractivity contribution in [2.75, 3.05) is 46.2 Å². The number of fused-ring (bicyclic) bond motifs is 1. The van der Waals surface area contributed by atoms with Gasteiger partial charge in [-0.05, 0) is 43.2 Å². The Hall–Kier alpha value is -3.36. The van der Waals surface area contributed by atoms with Gasteiger partial charge in [-0.3, -0.25) is 14.5 Å². The van der Waals surface area contributed by atoms with Crippen molar-refractivity contribution in [2.45, 2.75) is 19.9 Å². The summed E-state index contributed by atoms with van der Waals surface area (Å²) in [6.45, 7) is 7.74. The van der Waals surface area contributed by atoms with E-state index in [0.29, 0.717) is 48.9 Å². The summed E-state index contributed by atoms with van der Waals surface area (Å²) >= 11 is 0. The third-order valence-corrected chi connectivity index (χ3v) is 6.66. The number of ketones is 1. The molecular weight excluding hydrogens is 436 g/mol. The van der Waals surface area contributed by atoms with E-state index in [1.807, 2.05) is 38.1 Å². The predicted molar refractivity (Wildman–Crippen MR) is 125 cm³/mol. The molecule has 1 unspecified atom stereocenters. The van der Waals surface area contributed by atoms with Gasteiger partial charge in [0.2, 0.25) is 6.79 Å². The molecule has 0 bridgehead atoms. The van der Waals surface area contributed by atoms with Gasteiger partial charge in [-0.25, -0.2) is 0 Å². The van der Waals surface area contributed by atoms with Crippen molar-refractivity contribution >= 4 is 17.4 Å². The first-order chi connectivity index (χ1) is 16.4. The van der Waals surface area contributed by atoms with Crippen molar-refractivity contribution in [1.82, 2.24) is 9.80 Å². The maximum absolute atomic E-state index is 13.3. The number of aliphatic hydroxyl groups is 1. The number of aryl methyl sites for hydroxylation is 2. The fraction of sp³-hybridized carbons (Fsp3) is 0.385. The maximum atomic E-state index is 13.3. The molecule has 34 heavy (non-hydrogen) atoms. The normalized spacial score (nSPS) is 21.9. The number of likely N-dealkylation sites (tertiary alicyclic amines) is 1. The van der Waals surface area contributed by atoms with Gasteiger partial charge < -0.3 is 24.2 Å². The summed E-state index contributed by atoms with van der Waals surface area (Å²) in [4.78, 5) is 30.3. The van der Waals surface area contributed by atoms with Crippen molar-refractivity contribution in [3.63, 3.8) is 0 Å². The molecule has 1 amide bonds. The van der Waals surface area contributed by atoms with Crippen LogP contribution in [0.1, 0.15) is 28.3 Å². The van der Waals surface area contributed by atoms with Gasteiger partial charge in [-0.1, -0.05) is 23.8 Å². The summed E-state index contributed by atoms with van der Waals surface area (Å²) in [5.74, 6) is -0.270. The van der Waals surface area contributed by atoms with E-state index in [-0.39, 0.29) is 18.1 Å². The molecule has 2 aromatic rings. The second-order valence-electron chi connectivity index (χ2n) is 8.88. The van der Waals surface area contributed by atoms with Gasteiger partial charge in [0.1, 0.15) is 5.76 Å². The number of Topliss-reactive ketones (excluding diaryl/α,β-unsaturated/α-hetero) is 1. The number of morpholine rings is 1. The van der Waals surface area contributed by atoms with E-state index in [1.54, 1.807) is 17.0 Å². The number of rotatable bonds is 5. The molecule has 1 N–H and O–H groups in total. The largest absolute Gasteiger partial charge is 0.507 e. The molecule has 2 saturated heterocycles. The van der Waals surface area contributed by atoms with Crippen molar-refractivity contribution in [3.05, 3.63) is 64.2 Å². The van der Waals surface area contributed by atoms with E-state index >= 15 is 0 Å². The molecule has 2 fully saturated rings. The lowest BCUT2D eigenvalue weighted by atomic mass is 9.93. The highest BCUT2D eigenvalue weighted by molar-refractivity contribution is 6.46. The Bertz CT molecular complexity index is 1170. The van der Waals surface area contributed by atoms with Crippen LogP contribution in [-0.2, 0) is 14.3 Å². The van der Waals surface area contributed by atoms with E-state index in [0.717, 1.165) is 24.2 Å². The topological polar surface area (TPSA) is 88.5 Å². The Balaban J connectivity index is 1.58. The van der Waals surface area contributed by atoms with Crippen LogP contribution in [0.3, 0.4) is 0 Å². The van der Waals surface area contributed by atoms with Gasteiger partial charge in [0.05, 0.1) is 24.8 Å². The monoisotopic (exact) mass is 464 g/mol. The van der Waals surface area contributed by atoms with Crippen LogP contribution in [-0.4, -0.2) is 72.8 Å². The number of amides is 1. The molecule has 0 saturated carbocycles. The van der Waals surface area contributed by atoms with Crippen LogP contribution in [0.25, 0.3) is 5.76 Å². The Morgan fingerprint density at radius 2 is 1.76 bits per heavy atom. The fourth-order valence-electron chi connectivity index (χ4n) is 4.75. The second kappa shape index (κ2) is 9.12. The quantitative estimate of drug-likeness (QED) is 0.414. The highest BCUT2D eigenvalue weighted by Crippen LogP contribution is 2.43. The highest BCUT2D eigenvalue weighted by atomic mass is 16.7. The van der Waals surface area contributed by atoms with E-state index in [1.165, 1.54) is 0 Å². The SMILES string of the molecule is Cc1ccc(C)c(/C(O)=C2\C(=O)C(=O)N(CCN3CCOCC3)C2c2ccc3c(c2)OCO3)c1. The first-order valence-electron chi connectivity index (χ1n) is 11.5. The van der Waals surface area contributed by atoms with Gasteiger partial charge in [0.15, 0.2) is 11.5 Å². The Morgan fingerprint density at radius 3 is 2.56 bits per heavy atom. The molecule has 2 aromatic carbocycles. The standard InChI is InChI=1S/C26H28N2O6/c1-16-3-4-17(2)19(13-16)24(29)22-23(18-5-6-20-21(14-18)34-15-33-20)28(26(31)25(22)30)8-7-27-9-11-32-12-10-27/h3-6,13-14,23,29H,7-12,15H2,1-2H3/b24-22+. The van der Waals surface area contributed by atoms with Crippen molar-refractivity contribution in [2.24, 2.45) is 0 Å². The lowest BCUT2D eigenvalue weighted by Gasteiger charge is -2.31. The number of benzene rings is 2. The van der Waals surface area contributed by atoms with E-state index < -0.39 is 17.7 Å². The lowest BCUT2D eigenvalue weighted by Crippen LogP contribution is -2.42. The molecule has 8 nitrogen and oxygen atoms in total. The van der Waals surface area contributed by atoms with Gasteiger partial charge in [0, 0.05) is 31.7 Å². The third kappa shape index (κ3) is 4.03. The molecule has 0 aromatic heterocycles. The first-order valence-corrected chi connectivity index (χ1v) is 11.5. The van der Waals surface area contributed by atoms with Crippen molar-refractivity contribution in [1.29, 1.82) is 0 Å². The molecule has 1 atom stereocenters. The number of nitrogens with zero attached hydrogens (tertiary/aromatic N) is 2. The zero-order chi connectivity index (χ0) is 23.8. The number of aliphatic hydroxyl groups excluding tert-OH is 1. The summed E-state index contributed by atoms with van der Waals surface area (Å²) < 4.78 is 16.4. The number of hydrogen-bond acceptors (Lipinski definition) is 7. The van der Waals surface area contributed by atoms with Crippen LogP contribution in [0.5, 0.6) is 11.5 Å². The fourth-order valence-corrected chi connectivity index (χ4v) is 4.75. The molecular formula is C26H28N2O6. The Labute approximate surface area is 198 Å². The minimum atomic E-state index is -0.726. The molecule has 3 aliphatic rings. The summed E-state index contributed by atoms with van der Waals surface area (Å²) in [5, 5.41) is 11.4. The number of carbonyl (C=O) groups excluding carboxylic acids is 2. The molecule has 178 valence electrons.